The number of halogens is 3. The van der Waals surface area contributed by atoms with Crippen LogP contribution in [0.3, 0.4) is 0 Å². The van der Waals surface area contributed by atoms with Gasteiger partial charge in [-0.25, -0.2) is 27.9 Å². The predicted molar refractivity (Wildman–Crippen MR) is 127 cm³/mol. The molecule has 0 saturated heterocycles. The fraction of sp³-hybridized carbons (Fsp3) is 0.400. The van der Waals surface area contributed by atoms with Crippen LogP contribution >= 0.6 is 0 Å². The van der Waals surface area contributed by atoms with Crippen molar-refractivity contribution in [2.45, 2.75) is 59.1 Å². The van der Waals surface area contributed by atoms with Gasteiger partial charge in [-0.2, -0.15) is 0 Å². The number of hydrogen-bond acceptors (Lipinski definition) is 6. The summed E-state index contributed by atoms with van der Waals surface area (Å²) in [6, 6.07) is 4.91. The van der Waals surface area contributed by atoms with Gasteiger partial charge >= 0.3 is 6.09 Å². The molecule has 1 atom stereocenters. The van der Waals surface area contributed by atoms with E-state index < -0.39 is 35.5 Å². The molecular weight excluding hydrogens is 461 g/mol. The Morgan fingerprint density at radius 2 is 1.91 bits per heavy atom. The van der Waals surface area contributed by atoms with Crippen LogP contribution in [-0.2, 0) is 11.2 Å². The van der Waals surface area contributed by atoms with Gasteiger partial charge in [-0.15, -0.1) is 0 Å². The summed E-state index contributed by atoms with van der Waals surface area (Å²) in [5.74, 6) is 0.398. The Balaban J connectivity index is 1.76. The van der Waals surface area contributed by atoms with Crippen molar-refractivity contribution in [3.8, 4) is 5.75 Å². The molecule has 186 valence electrons. The zero-order chi connectivity index (χ0) is 25.5. The summed E-state index contributed by atoms with van der Waals surface area (Å²) in [5.41, 5.74) is 0.581. The van der Waals surface area contributed by atoms with Gasteiger partial charge in [0.15, 0.2) is 0 Å². The quantitative estimate of drug-likeness (QED) is 0.428. The summed E-state index contributed by atoms with van der Waals surface area (Å²) < 4.78 is 52.3. The van der Waals surface area contributed by atoms with Gasteiger partial charge in [0.1, 0.15) is 28.8 Å². The molecule has 1 aromatic heterocycles. The topological polar surface area (TPSA) is 85.4 Å². The summed E-state index contributed by atoms with van der Waals surface area (Å²) >= 11 is 0. The van der Waals surface area contributed by atoms with E-state index in [1.807, 2.05) is 0 Å². The van der Waals surface area contributed by atoms with Gasteiger partial charge in [0.25, 0.3) is 6.43 Å². The monoisotopic (exact) mass is 488 g/mol. The van der Waals surface area contributed by atoms with Crippen molar-refractivity contribution in [2.75, 3.05) is 17.2 Å². The molecule has 1 aliphatic heterocycles. The molecule has 0 fully saturated rings. The Morgan fingerprint density at radius 3 is 2.60 bits per heavy atom. The molecule has 10 heteroatoms. The molecule has 1 aliphatic rings. The molecule has 2 aromatic carbocycles. The molecule has 0 bridgehead atoms. The average Bonchev–Trinajstić information content (AvgIpc) is 3.23. The predicted octanol–water partition coefficient (Wildman–Crippen LogP) is 6.47. The number of benzene rings is 2. The minimum Gasteiger partial charge on any atom is -0.491 e. The molecular formula is C25H27F3N4O3. The third-order valence-corrected chi connectivity index (χ3v) is 5.50. The van der Waals surface area contributed by atoms with E-state index >= 15 is 0 Å². The lowest BCUT2D eigenvalue weighted by Crippen LogP contribution is -2.27. The fourth-order valence-electron chi connectivity index (χ4n) is 4.05. The van der Waals surface area contributed by atoms with Crippen molar-refractivity contribution in [3.63, 3.8) is 0 Å². The van der Waals surface area contributed by atoms with Crippen LogP contribution in [0.1, 0.15) is 62.7 Å². The minimum atomic E-state index is -2.92. The number of ether oxygens (including phenoxy) is 2. The number of nitrogens with one attached hydrogen (secondary N) is 2. The summed E-state index contributed by atoms with van der Waals surface area (Å²) in [4.78, 5) is 21.5. The summed E-state index contributed by atoms with van der Waals surface area (Å²) in [6.45, 7) is 9.09. The van der Waals surface area contributed by atoms with Crippen LogP contribution in [0.15, 0.2) is 24.3 Å². The van der Waals surface area contributed by atoms with Crippen molar-refractivity contribution in [1.82, 2.24) is 9.97 Å². The van der Waals surface area contributed by atoms with Gasteiger partial charge in [0.05, 0.1) is 29.4 Å². The van der Waals surface area contributed by atoms with E-state index in [0.29, 0.717) is 47.0 Å². The zero-order valence-corrected chi connectivity index (χ0v) is 20.1. The molecule has 2 heterocycles. The van der Waals surface area contributed by atoms with Crippen LogP contribution in [0.25, 0.3) is 10.9 Å². The van der Waals surface area contributed by atoms with Crippen LogP contribution in [0.5, 0.6) is 5.75 Å². The number of alkyl halides is 2. The Bertz CT molecular complexity index is 1290. The van der Waals surface area contributed by atoms with Crippen molar-refractivity contribution in [1.29, 1.82) is 0 Å². The first-order valence-corrected chi connectivity index (χ1v) is 11.2. The highest BCUT2D eigenvalue weighted by atomic mass is 19.3. The lowest BCUT2D eigenvalue weighted by Gasteiger charge is -2.21. The molecule has 0 spiro atoms. The lowest BCUT2D eigenvalue weighted by molar-refractivity contribution is 0.0635. The van der Waals surface area contributed by atoms with Crippen LogP contribution < -0.4 is 15.4 Å². The number of fused-ring (bicyclic) bond motifs is 3. The van der Waals surface area contributed by atoms with Crippen LogP contribution in [0.2, 0.25) is 0 Å². The number of amides is 1. The molecule has 3 aromatic rings. The molecule has 0 saturated carbocycles. The molecule has 0 radical (unpaired) electrons. The average molecular weight is 489 g/mol. The maximum atomic E-state index is 14.8. The Hall–Kier alpha value is -3.56. The second-order valence-electron chi connectivity index (χ2n) is 9.39. The van der Waals surface area contributed by atoms with Gasteiger partial charge in [-0.1, -0.05) is 18.2 Å². The molecule has 1 amide bonds. The lowest BCUT2D eigenvalue weighted by atomic mass is 10.0. The van der Waals surface area contributed by atoms with E-state index in [1.54, 1.807) is 40.7 Å². The first-order valence-electron chi connectivity index (χ1n) is 11.2. The fourth-order valence-corrected chi connectivity index (χ4v) is 4.05. The minimum absolute atomic E-state index is 0.0869. The van der Waals surface area contributed by atoms with Crippen molar-refractivity contribution in [2.24, 2.45) is 0 Å². The summed E-state index contributed by atoms with van der Waals surface area (Å²) in [6.07, 6.45) is -2.99. The maximum Gasteiger partial charge on any atom is 0.412 e. The second-order valence-corrected chi connectivity index (χ2v) is 9.39. The number of nitrogens with zero attached hydrogens (tertiary/aromatic N) is 2. The summed E-state index contributed by atoms with van der Waals surface area (Å²) in [7, 11) is 0. The highest BCUT2D eigenvalue weighted by Gasteiger charge is 2.27. The molecule has 4 rings (SSSR count). The van der Waals surface area contributed by atoms with E-state index in [1.165, 1.54) is 12.1 Å². The van der Waals surface area contributed by atoms with Crippen molar-refractivity contribution >= 4 is 28.5 Å². The maximum absolute atomic E-state index is 14.8. The smallest absolute Gasteiger partial charge is 0.412 e. The normalized spacial score (nSPS) is 14.0. The first-order chi connectivity index (χ1) is 16.4. The van der Waals surface area contributed by atoms with Gasteiger partial charge in [-0.05, 0) is 40.7 Å². The largest absolute Gasteiger partial charge is 0.491 e. The molecule has 35 heavy (non-hydrogen) atoms. The number of aromatic nitrogens is 2. The van der Waals surface area contributed by atoms with Gasteiger partial charge in [-0.3, -0.25) is 5.32 Å². The summed E-state index contributed by atoms with van der Waals surface area (Å²) in [5, 5.41) is 6.44. The van der Waals surface area contributed by atoms with Crippen LogP contribution in [0, 0.1) is 12.7 Å². The number of rotatable bonds is 5. The highest BCUT2D eigenvalue weighted by molar-refractivity contribution is 6.00. The van der Waals surface area contributed by atoms with Crippen LogP contribution in [-0.4, -0.2) is 28.3 Å². The van der Waals surface area contributed by atoms with E-state index in [2.05, 4.69) is 20.6 Å². The van der Waals surface area contributed by atoms with E-state index in [-0.39, 0.29) is 5.56 Å². The third kappa shape index (κ3) is 5.11. The Kier molecular flexibility index (Phi) is 6.48. The van der Waals surface area contributed by atoms with Crippen molar-refractivity contribution in [3.05, 3.63) is 52.6 Å². The highest BCUT2D eigenvalue weighted by Crippen LogP contribution is 2.41. The zero-order valence-electron chi connectivity index (χ0n) is 20.1. The van der Waals surface area contributed by atoms with Crippen molar-refractivity contribution < 1.29 is 27.4 Å². The number of carbonyl (C=O) groups is 1. The van der Waals surface area contributed by atoms with E-state index in [9.17, 15) is 18.0 Å². The molecule has 0 aliphatic carbocycles. The Morgan fingerprint density at radius 1 is 1.20 bits per heavy atom. The molecule has 2 N–H and O–H groups in total. The first kappa shape index (κ1) is 24.6. The van der Waals surface area contributed by atoms with Gasteiger partial charge in [0, 0.05) is 22.9 Å². The molecule has 0 unspecified atom stereocenters. The molecule has 7 nitrogen and oxygen atoms in total. The van der Waals surface area contributed by atoms with Gasteiger partial charge < -0.3 is 14.8 Å². The SMILES string of the molecule is Cc1nc(N[C@H](C)c2cccc(C(F)F)c2F)c2cc(NC(=O)OC(C)(C)C)c3c(c2n1)CCO3. The Labute approximate surface area is 201 Å². The number of aryl methyl sites for hydroxylation is 1. The third-order valence-electron chi connectivity index (χ3n) is 5.50. The standard InChI is InChI=1S/C25H27F3N4O3/c1-12(14-7-6-8-15(19(14)26)22(27)28)29-23-17-11-18(32-24(33)35-25(3,4)5)21-16(9-10-34-21)20(17)30-13(2)31-23/h6-8,11-12,22H,9-10H2,1-5H3,(H,32,33)(H,29,30,31)/t12-/m1/s1. The second kappa shape index (κ2) is 9.24. The van der Waals surface area contributed by atoms with E-state index in [0.717, 1.165) is 11.6 Å². The van der Waals surface area contributed by atoms with E-state index in [4.69, 9.17) is 9.47 Å². The van der Waals surface area contributed by atoms with Crippen LogP contribution in [0.4, 0.5) is 29.5 Å². The van der Waals surface area contributed by atoms with Gasteiger partial charge in [0.2, 0.25) is 0 Å². The number of carbonyl (C=O) groups excluding carboxylic acids is 1. The number of anilines is 2. The number of hydrogen-bond donors (Lipinski definition) is 2.